The molecule has 1 aromatic heterocycles. The molecule has 4 saturated carbocycles. The molecule has 5 fully saturated rings. The van der Waals surface area contributed by atoms with Crippen LogP contribution in [-0.4, -0.2) is 52.9 Å². The minimum atomic E-state index is -0.243. The van der Waals surface area contributed by atoms with Crippen LogP contribution < -0.4 is 16.0 Å². The minimum Gasteiger partial charge on any atom is -0.342 e. The molecule has 8 nitrogen and oxygen atoms in total. The molecule has 6 rings (SSSR count). The van der Waals surface area contributed by atoms with Gasteiger partial charge in [0.05, 0.1) is 5.92 Å². The molecule has 8 heteroatoms. The predicted molar refractivity (Wildman–Crippen MR) is 129 cm³/mol. The van der Waals surface area contributed by atoms with E-state index >= 15 is 0 Å². The molecule has 2 heterocycles. The Hall–Kier alpha value is -2.64. The summed E-state index contributed by atoms with van der Waals surface area (Å²) >= 11 is 0. The largest absolute Gasteiger partial charge is 0.342 e. The average molecular weight is 468 g/mol. The number of hydrogen-bond acceptors (Lipinski definition) is 4. The molecule has 184 valence electrons. The first-order valence-electron chi connectivity index (χ1n) is 13.0. The van der Waals surface area contributed by atoms with Gasteiger partial charge in [-0.25, -0.2) is 9.78 Å². The molecule has 1 unspecified atom stereocenters. The van der Waals surface area contributed by atoms with Gasteiger partial charge in [-0.3, -0.25) is 9.59 Å². The van der Waals surface area contributed by atoms with E-state index in [1.807, 2.05) is 19.1 Å². The number of nitrogens with zero attached hydrogens (tertiary/aromatic N) is 2. The number of carbonyl (C=O) groups excluding carboxylic acids is 3. The van der Waals surface area contributed by atoms with Gasteiger partial charge in [0.15, 0.2) is 0 Å². The van der Waals surface area contributed by atoms with E-state index in [1.54, 1.807) is 11.0 Å². The minimum absolute atomic E-state index is 0.0127. The summed E-state index contributed by atoms with van der Waals surface area (Å²) in [6.07, 6.45) is 9.16. The topological polar surface area (TPSA) is 103 Å². The highest BCUT2D eigenvalue weighted by molar-refractivity contribution is 5.92. The number of piperidine rings is 1. The van der Waals surface area contributed by atoms with Crippen molar-refractivity contribution in [1.82, 2.24) is 20.5 Å². The summed E-state index contributed by atoms with van der Waals surface area (Å²) in [6.45, 7) is 3.27. The molecule has 1 aromatic rings. The van der Waals surface area contributed by atoms with Gasteiger partial charge in [-0.05, 0) is 88.2 Å². The molecule has 0 aromatic carbocycles. The molecule has 5 aliphatic rings. The Bertz CT molecular complexity index is 913. The summed E-state index contributed by atoms with van der Waals surface area (Å²) in [7, 11) is 0. The molecule has 4 aliphatic carbocycles. The molecule has 4 bridgehead atoms. The second-order valence-corrected chi connectivity index (χ2v) is 11.2. The molecule has 1 aliphatic heterocycles. The van der Waals surface area contributed by atoms with Crippen molar-refractivity contribution in [3.8, 4) is 0 Å². The van der Waals surface area contributed by atoms with Crippen molar-refractivity contribution >= 4 is 23.7 Å². The predicted octanol–water partition coefficient (Wildman–Crippen LogP) is 3.23. The van der Waals surface area contributed by atoms with Gasteiger partial charge in [0.25, 0.3) is 0 Å². The van der Waals surface area contributed by atoms with E-state index < -0.39 is 0 Å². The average Bonchev–Trinajstić information content (AvgIpc) is 2.78. The molecule has 1 saturated heterocycles. The van der Waals surface area contributed by atoms with Crippen LogP contribution >= 0.6 is 0 Å². The molecule has 3 N–H and O–H groups in total. The number of carbonyl (C=O) groups is 3. The standard InChI is InChI=1S/C26H37N5O3/c1-17-4-2-6-22(28-17)29-24(33)21-5-3-9-31(16-21)23(32)7-8-27-25(34)30-26-13-18-10-19(14-26)12-20(11-18)15-26/h2,4,6,18-21H,3,5,7-16H2,1H3,(H2,27,30,34)(H,28,29,33). The van der Waals surface area contributed by atoms with Crippen LogP contribution in [0.1, 0.15) is 63.5 Å². The number of urea groups is 1. The third-order valence-electron chi connectivity index (χ3n) is 8.33. The van der Waals surface area contributed by atoms with Gasteiger partial charge in [-0.1, -0.05) is 6.07 Å². The zero-order valence-corrected chi connectivity index (χ0v) is 20.1. The Labute approximate surface area is 201 Å². The number of pyridine rings is 1. The Morgan fingerprint density at radius 3 is 2.47 bits per heavy atom. The summed E-state index contributed by atoms with van der Waals surface area (Å²) in [5.74, 6) is 2.53. The highest BCUT2D eigenvalue weighted by Crippen LogP contribution is 2.55. The molecule has 1 atom stereocenters. The summed E-state index contributed by atoms with van der Waals surface area (Å²) in [6, 6.07) is 5.38. The van der Waals surface area contributed by atoms with Crippen LogP contribution in [0.25, 0.3) is 0 Å². The van der Waals surface area contributed by atoms with Crippen LogP contribution in [0.4, 0.5) is 10.6 Å². The Morgan fingerprint density at radius 1 is 1.09 bits per heavy atom. The van der Waals surface area contributed by atoms with Gasteiger partial charge in [0, 0.05) is 37.3 Å². The van der Waals surface area contributed by atoms with Crippen LogP contribution in [0.3, 0.4) is 0 Å². The zero-order chi connectivity index (χ0) is 23.7. The van der Waals surface area contributed by atoms with Gasteiger partial charge in [0.1, 0.15) is 5.82 Å². The number of rotatable bonds is 6. The van der Waals surface area contributed by atoms with E-state index in [4.69, 9.17) is 0 Å². The lowest BCUT2D eigenvalue weighted by Gasteiger charge is -2.56. The number of aryl methyl sites for hydroxylation is 1. The van der Waals surface area contributed by atoms with Gasteiger partial charge in [0.2, 0.25) is 11.8 Å². The number of likely N-dealkylation sites (tertiary alicyclic amines) is 1. The number of amides is 4. The lowest BCUT2D eigenvalue weighted by molar-refractivity contribution is -0.134. The van der Waals surface area contributed by atoms with Crippen molar-refractivity contribution in [1.29, 1.82) is 0 Å². The van der Waals surface area contributed by atoms with E-state index in [0.29, 0.717) is 25.5 Å². The second kappa shape index (κ2) is 9.55. The molecular formula is C26H37N5O3. The van der Waals surface area contributed by atoms with E-state index in [0.717, 1.165) is 55.6 Å². The highest BCUT2D eigenvalue weighted by Gasteiger charge is 2.51. The maximum atomic E-state index is 12.8. The summed E-state index contributed by atoms with van der Waals surface area (Å²) in [5.41, 5.74) is 0.820. The zero-order valence-electron chi connectivity index (χ0n) is 20.1. The number of nitrogens with one attached hydrogen (secondary N) is 3. The fourth-order valence-corrected chi connectivity index (χ4v) is 7.25. The molecular weight excluding hydrogens is 430 g/mol. The van der Waals surface area contributed by atoms with Crippen LogP contribution in [-0.2, 0) is 9.59 Å². The molecule has 4 amide bonds. The van der Waals surface area contributed by atoms with Gasteiger partial charge >= 0.3 is 6.03 Å². The number of aromatic nitrogens is 1. The van der Waals surface area contributed by atoms with Crippen LogP contribution in [0.15, 0.2) is 18.2 Å². The van der Waals surface area contributed by atoms with Gasteiger partial charge in [-0.15, -0.1) is 0 Å². The summed E-state index contributed by atoms with van der Waals surface area (Å²) < 4.78 is 0. The van der Waals surface area contributed by atoms with E-state index in [2.05, 4.69) is 20.9 Å². The quantitative estimate of drug-likeness (QED) is 0.598. The SMILES string of the molecule is Cc1cccc(NC(=O)C2CCCN(C(=O)CCNC(=O)NC34CC5CC(CC(C5)C3)C4)C2)n1. The van der Waals surface area contributed by atoms with Crippen molar-refractivity contribution in [2.45, 2.75) is 70.3 Å². The van der Waals surface area contributed by atoms with Gasteiger partial charge < -0.3 is 20.9 Å². The van der Waals surface area contributed by atoms with E-state index in [-0.39, 0.29) is 35.7 Å². The Kier molecular flexibility index (Phi) is 6.49. The lowest BCUT2D eigenvalue weighted by Crippen LogP contribution is -2.61. The van der Waals surface area contributed by atoms with Crippen molar-refractivity contribution in [2.24, 2.45) is 23.7 Å². The maximum absolute atomic E-state index is 12.8. The van der Waals surface area contributed by atoms with Crippen molar-refractivity contribution in [2.75, 3.05) is 25.0 Å². The summed E-state index contributed by atoms with van der Waals surface area (Å²) in [4.78, 5) is 44.2. The Balaban J connectivity index is 1.05. The van der Waals surface area contributed by atoms with Crippen molar-refractivity contribution in [3.05, 3.63) is 23.9 Å². The smallest absolute Gasteiger partial charge is 0.315 e. The first-order valence-corrected chi connectivity index (χ1v) is 13.0. The summed E-state index contributed by atoms with van der Waals surface area (Å²) in [5, 5.41) is 9.09. The molecule has 34 heavy (non-hydrogen) atoms. The monoisotopic (exact) mass is 467 g/mol. The van der Waals surface area contributed by atoms with Crippen LogP contribution in [0, 0.1) is 30.6 Å². The molecule has 0 radical (unpaired) electrons. The highest BCUT2D eigenvalue weighted by atomic mass is 16.2. The first kappa shape index (κ1) is 23.1. The van der Waals surface area contributed by atoms with Crippen molar-refractivity contribution < 1.29 is 14.4 Å². The lowest BCUT2D eigenvalue weighted by atomic mass is 9.53. The third-order valence-corrected chi connectivity index (χ3v) is 8.33. The Morgan fingerprint density at radius 2 is 1.79 bits per heavy atom. The fraction of sp³-hybridized carbons (Fsp3) is 0.692. The number of hydrogen-bond donors (Lipinski definition) is 3. The van der Waals surface area contributed by atoms with E-state index in [1.165, 1.54) is 19.3 Å². The maximum Gasteiger partial charge on any atom is 0.315 e. The van der Waals surface area contributed by atoms with Gasteiger partial charge in [-0.2, -0.15) is 0 Å². The normalized spacial score (nSPS) is 31.7. The van der Waals surface area contributed by atoms with E-state index in [9.17, 15) is 14.4 Å². The second-order valence-electron chi connectivity index (χ2n) is 11.2. The third kappa shape index (κ3) is 5.20. The fourth-order valence-electron chi connectivity index (χ4n) is 7.25. The van der Waals surface area contributed by atoms with Crippen molar-refractivity contribution in [3.63, 3.8) is 0 Å². The molecule has 0 spiro atoms. The van der Waals surface area contributed by atoms with Crippen LogP contribution in [0.2, 0.25) is 0 Å². The number of anilines is 1. The first-order chi connectivity index (χ1) is 16.4. The van der Waals surface area contributed by atoms with Crippen LogP contribution in [0.5, 0.6) is 0 Å².